The minimum atomic E-state index is 0.572. The van der Waals surface area contributed by atoms with Crippen molar-refractivity contribution in [2.24, 2.45) is 5.73 Å². The van der Waals surface area contributed by atoms with Gasteiger partial charge in [-0.2, -0.15) is 0 Å². The highest BCUT2D eigenvalue weighted by molar-refractivity contribution is 9.10. The van der Waals surface area contributed by atoms with Crippen LogP contribution in [0.4, 0.5) is 0 Å². The summed E-state index contributed by atoms with van der Waals surface area (Å²) in [4.78, 5) is 0. The van der Waals surface area contributed by atoms with Gasteiger partial charge in [-0.1, -0.05) is 35.0 Å². The van der Waals surface area contributed by atoms with Gasteiger partial charge in [0.2, 0.25) is 0 Å². The van der Waals surface area contributed by atoms with Crippen LogP contribution in [0.1, 0.15) is 36.3 Å². The molecule has 0 fully saturated rings. The second-order valence-electron chi connectivity index (χ2n) is 3.81. The van der Waals surface area contributed by atoms with Crippen molar-refractivity contribution >= 4 is 15.9 Å². The molecule has 2 atom stereocenters. The molecule has 2 unspecified atom stereocenters. The lowest BCUT2D eigenvalue weighted by atomic mass is 10.0. The van der Waals surface area contributed by atoms with E-state index in [2.05, 4.69) is 41.1 Å². The van der Waals surface area contributed by atoms with E-state index in [0.717, 1.165) is 6.54 Å². The summed E-state index contributed by atoms with van der Waals surface area (Å²) >= 11 is 3.60. The molecule has 2 N–H and O–H groups in total. The molecular weight excluding hydrogens is 226 g/mol. The Morgan fingerprint density at radius 1 is 1.54 bits per heavy atom. The van der Waals surface area contributed by atoms with Gasteiger partial charge in [-0.15, -0.1) is 0 Å². The lowest BCUT2D eigenvalue weighted by molar-refractivity contribution is 0.626. The minimum absolute atomic E-state index is 0.572. The molecule has 0 spiro atoms. The van der Waals surface area contributed by atoms with E-state index in [1.165, 1.54) is 22.0 Å². The molecule has 0 radical (unpaired) electrons. The smallest absolute Gasteiger partial charge is 0.0212 e. The quantitative estimate of drug-likeness (QED) is 0.802. The molecule has 1 aliphatic rings. The third-order valence-corrected chi connectivity index (χ3v) is 3.63. The molecule has 0 saturated carbocycles. The molecule has 1 nitrogen and oxygen atoms in total. The average Bonchev–Trinajstić information content (AvgIpc) is 2.44. The fraction of sp³-hybridized carbons (Fsp3) is 0.455. The topological polar surface area (TPSA) is 26.0 Å². The summed E-state index contributed by atoms with van der Waals surface area (Å²) in [5.74, 6) is 1.22. The van der Waals surface area contributed by atoms with Gasteiger partial charge < -0.3 is 5.73 Å². The van der Waals surface area contributed by atoms with Crippen molar-refractivity contribution in [1.29, 1.82) is 0 Å². The summed E-state index contributed by atoms with van der Waals surface area (Å²) < 4.78 is 1.24. The monoisotopic (exact) mass is 239 g/mol. The average molecular weight is 240 g/mol. The molecule has 0 aliphatic heterocycles. The molecule has 1 aromatic carbocycles. The van der Waals surface area contributed by atoms with Crippen molar-refractivity contribution in [2.75, 3.05) is 6.54 Å². The van der Waals surface area contributed by atoms with Crippen LogP contribution < -0.4 is 5.73 Å². The summed E-state index contributed by atoms with van der Waals surface area (Å²) in [6, 6.07) is 6.43. The van der Waals surface area contributed by atoms with Gasteiger partial charge in [-0.05, 0) is 42.0 Å². The van der Waals surface area contributed by atoms with Crippen LogP contribution in [0.15, 0.2) is 22.7 Å². The first-order chi connectivity index (χ1) is 6.24. The van der Waals surface area contributed by atoms with Crippen molar-refractivity contribution < 1.29 is 0 Å². The first-order valence-corrected chi connectivity index (χ1v) is 5.51. The Morgan fingerprint density at radius 2 is 2.31 bits per heavy atom. The normalized spacial score (nSPS) is 26.1. The number of hydrogen-bond donors (Lipinski definition) is 1. The van der Waals surface area contributed by atoms with Crippen LogP contribution in [0.2, 0.25) is 0 Å². The Labute approximate surface area is 87.5 Å². The van der Waals surface area contributed by atoms with E-state index < -0.39 is 0 Å². The number of nitrogens with two attached hydrogens (primary N) is 1. The Balaban J connectivity index is 2.51. The van der Waals surface area contributed by atoms with Crippen molar-refractivity contribution in [3.8, 4) is 0 Å². The fourth-order valence-corrected chi connectivity index (χ4v) is 3.10. The van der Waals surface area contributed by atoms with E-state index in [4.69, 9.17) is 5.73 Å². The summed E-state index contributed by atoms with van der Waals surface area (Å²) in [5.41, 5.74) is 8.66. The zero-order valence-corrected chi connectivity index (χ0v) is 9.34. The number of fused-ring (bicyclic) bond motifs is 1. The van der Waals surface area contributed by atoms with E-state index in [0.29, 0.717) is 11.8 Å². The van der Waals surface area contributed by atoms with E-state index in [9.17, 15) is 0 Å². The maximum absolute atomic E-state index is 5.75. The highest BCUT2D eigenvalue weighted by atomic mass is 79.9. The van der Waals surface area contributed by atoms with E-state index in [-0.39, 0.29) is 0 Å². The Hall–Kier alpha value is -0.340. The fourth-order valence-electron chi connectivity index (χ4n) is 2.32. The van der Waals surface area contributed by atoms with Gasteiger partial charge in [0.05, 0.1) is 0 Å². The molecule has 0 heterocycles. The van der Waals surface area contributed by atoms with Crippen molar-refractivity contribution in [2.45, 2.75) is 25.2 Å². The second-order valence-corrected chi connectivity index (χ2v) is 4.67. The van der Waals surface area contributed by atoms with Gasteiger partial charge in [-0.3, -0.25) is 0 Å². The van der Waals surface area contributed by atoms with Crippen LogP contribution in [0.3, 0.4) is 0 Å². The molecule has 2 rings (SSSR count). The van der Waals surface area contributed by atoms with Gasteiger partial charge in [0, 0.05) is 4.47 Å². The Morgan fingerprint density at radius 3 is 3.00 bits per heavy atom. The van der Waals surface area contributed by atoms with Crippen LogP contribution in [0.5, 0.6) is 0 Å². The zero-order chi connectivity index (χ0) is 9.42. The second kappa shape index (κ2) is 3.43. The Bertz CT molecular complexity index is 322. The third-order valence-electron chi connectivity index (χ3n) is 2.94. The van der Waals surface area contributed by atoms with Crippen LogP contribution in [0.25, 0.3) is 0 Å². The van der Waals surface area contributed by atoms with Gasteiger partial charge in [0.25, 0.3) is 0 Å². The van der Waals surface area contributed by atoms with Gasteiger partial charge >= 0.3 is 0 Å². The third kappa shape index (κ3) is 1.42. The van der Waals surface area contributed by atoms with Crippen LogP contribution in [-0.2, 0) is 0 Å². The molecule has 2 heteroatoms. The number of benzene rings is 1. The summed E-state index contributed by atoms with van der Waals surface area (Å²) in [6.07, 6.45) is 1.20. The number of halogens is 1. The highest BCUT2D eigenvalue weighted by Crippen LogP contribution is 2.44. The number of rotatable bonds is 1. The molecule has 1 aromatic rings. The summed E-state index contributed by atoms with van der Waals surface area (Å²) in [6.45, 7) is 3.05. The first kappa shape index (κ1) is 9.22. The van der Waals surface area contributed by atoms with E-state index >= 15 is 0 Å². The molecule has 0 bridgehead atoms. The maximum Gasteiger partial charge on any atom is 0.0212 e. The largest absolute Gasteiger partial charge is 0.330 e. The van der Waals surface area contributed by atoms with Gasteiger partial charge in [0.1, 0.15) is 0 Å². The Kier molecular flexibility index (Phi) is 2.43. The molecule has 0 aromatic heterocycles. The van der Waals surface area contributed by atoms with Crippen molar-refractivity contribution in [3.63, 3.8) is 0 Å². The predicted molar refractivity (Wildman–Crippen MR) is 59.0 cm³/mol. The molecule has 0 amide bonds. The summed E-state index contributed by atoms with van der Waals surface area (Å²) in [5, 5.41) is 0. The standard InChI is InChI=1S/C11H14BrN/c1-7-5-8(6-13)9-3-2-4-10(12)11(7)9/h2-4,7-8H,5-6,13H2,1H3. The van der Waals surface area contributed by atoms with Crippen LogP contribution in [0, 0.1) is 0 Å². The zero-order valence-electron chi connectivity index (χ0n) is 7.76. The van der Waals surface area contributed by atoms with Crippen LogP contribution in [-0.4, -0.2) is 6.54 Å². The lowest BCUT2D eigenvalue weighted by Crippen LogP contribution is -2.09. The van der Waals surface area contributed by atoms with Crippen molar-refractivity contribution in [1.82, 2.24) is 0 Å². The van der Waals surface area contributed by atoms with Crippen LogP contribution >= 0.6 is 15.9 Å². The SMILES string of the molecule is CC1CC(CN)c2cccc(Br)c21. The van der Waals surface area contributed by atoms with Gasteiger partial charge in [0.15, 0.2) is 0 Å². The minimum Gasteiger partial charge on any atom is -0.330 e. The highest BCUT2D eigenvalue weighted by Gasteiger charge is 2.28. The molecule has 70 valence electrons. The first-order valence-electron chi connectivity index (χ1n) is 4.72. The molecule has 1 aliphatic carbocycles. The predicted octanol–water partition coefficient (Wildman–Crippen LogP) is 3.00. The molecular formula is C11H14BrN. The van der Waals surface area contributed by atoms with Gasteiger partial charge in [-0.25, -0.2) is 0 Å². The van der Waals surface area contributed by atoms with Crippen molar-refractivity contribution in [3.05, 3.63) is 33.8 Å². The maximum atomic E-state index is 5.75. The lowest BCUT2D eigenvalue weighted by Gasteiger charge is -2.07. The molecule has 0 saturated heterocycles. The summed E-state index contributed by atoms with van der Waals surface area (Å²) in [7, 11) is 0. The van der Waals surface area contributed by atoms with E-state index in [1.54, 1.807) is 0 Å². The molecule has 13 heavy (non-hydrogen) atoms. The number of hydrogen-bond acceptors (Lipinski definition) is 1. The van der Waals surface area contributed by atoms with E-state index in [1.807, 2.05) is 0 Å².